The van der Waals surface area contributed by atoms with E-state index >= 15 is 0 Å². The van der Waals surface area contributed by atoms with Gasteiger partial charge in [-0.05, 0) is 55.8 Å². The van der Waals surface area contributed by atoms with Crippen LogP contribution < -0.4 is 10.4 Å². The Morgan fingerprint density at radius 2 is 1.00 bits per heavy atom. The van der Waals surface area contributed by atoms with Gasteiger partial charge in [-0.1, -0.05) is 147 Å². The zero-order chi connectivity index (χ0) is 33.9. The maximum absolute atomic E-state index is 5.11. The fourth-order valence-corrected chi connectivity index (χ4v) is 7.48. The van der Waals surface area contributed by atoms with Crippen LogP contribution >= 0.6 is 0 Å². The molecule has 4 heteroatoms. The second-order valence-electron chi connectivity index (χ2n) is 12.9. The van der Waals surface area contributed by atoms with Crippen LogP contribution in [0.25, 0.3) is 101 Å². The van der Waals surface area contributed by atoms with Crippen molar-refractivity contribution in [3.05, 3.63) is 157 Å². The van der Waals surface area contributed by atoms with Gasteiger partial charge in [-0.15, -0.1) is 0 Å². The molecule has 0 unspecified atom stereocenters. The molecule has 0 radical (unpaired) electrons. The highest BCUT2D eigenvalue weighted by molar-refractivity contribution is 6.06. The van der Waals surface area contributed by atoms with Crippen molar-refractivity contribution in [2.24, 2.45) is 14.1 Å². The van der Waals surface area contributed by atoms with E-state index in [-0.39, 0.29) is 0 Å². The predicted molar refractivity (Wildman–Crippen MR) is 211 cm³/mol. The monoisotopic (exact) mass is 642 g/mol. The van der Waals surface area contributed by atoms with Crippen LogP contribution in [0.2, 0.25) is 0 Å². The molecule has 238 valence electrons. The minimum absolute atomic E-state index is 0.923. The fourth-order valence-electron chi connectivity index (χ4n) is 7.48. The Labute approximate surface area is 290 Å². The Balaban J connectivity index is 1.07. The summed E-state index contributed by atoms with van der Waals surface area (Å²) >= 11 is 0. The molecule has 0 amide bonds. The average Bonchev–Trinajstić information content (AvgIpc) is 3.68. The molecular formula is C46H34N4. The number of fused-ring (bicyclic) bond motifs is 5. The lowest BCUT2D eigenvalue weighted by Crippen LogP contribution is -2.23. The lowest BCUT2D eigenvalue weighted by molar-refractivity contribution is 0.959. The van der Waals surface area contributed by atoms with Gasteiger partial charge in [0.2, 0.25) is 0 Å². The summed E-state index contributed by atoms with van der Waals surface area (Å²) in [6.07, 6.45) is 3.78. The van der Waals surface area contributed by atoms with Gasteiger partial charge in [-0.2, -0.15) is 0 Å². The summed E-state index contributed by atoms with van der Waals surface area (Å²) in [5.74, 6) is 1.89. The van der Waals surface area contributed by atoms with Gasteiger partial charge in [-0.25, -0.2) is 9.97 Å². The van der Waals surface area contributed by atoms with Crippen LogP contribution in [0.3, 0.4) is 0 Å². The molecule has 0 saturated heterocycles. The van der Waals surface area contributed by atoms with Crippen LogP contribution in [-0.4, -0.2) is 19.1 Å². The summed E-state index contributed by atoms with van der Waals surface area (Å²) in [4.78, 5) is 10.2. The molecule has 9 aromatic rings. The minimum atomic E-state index is 0.923. The number of hydrogen-bond donors (Lipinski definition) is 0. The van der Waals surface area contributed by atoms with E-state index in [2.05, 4.69) is 164 Å². The van der Waals surface area contributed by atoms with Gasteiger partial charge in [0.05, 0.1) is 22.1 Å². The van der Waals surface area contributed by atoms with Crippen LogP contribution in [-0.2, 0) is 14.1 Å². The third-order valence-corrected chi connectivity index (χ3v) is 10.1. The Bertz CT molecular complexity index is 2910. The molecule has 0 bridgehead atoms. The number of rotatable bonds is 5. The molecule has 0 aliphatic carbocycles. The summed E-state index contributed by atoms with van der Waals surface area (Å²) in [7, 11) is 4.17. The zero-order valence-corrected chi connectivity index (χ0v) is 28.1. The number of allylic oxidation sites excluding steroid dienone is 1. The predicted octanol–water partition coefficient (Wildman–Crippen LogP) is 9.81. The number of aromatic nitrogens is 4. The van der Waals surface area contributed by atoms with Gasteiger partial charge in [0.1, 0.15) is 11.6 Å². The first-order chi connectivity index (χ1) is 24.5. The molecule has 2 aromatic heterocycles. The Morgan fingerprint density at radius 3 is 1.60 bits per heavy atom. The van der Waals surface area contributed by atoms with Gasteiger partial charge in [0.15, 0.2) is 0 Å². The van der Waals surface area contributed by atoms with Crippen molar-refractivity contribution in [1.29, 1.82) is 0 Å². The van der Waals surface area contributed by atoms with Crippen LogP contribution in [0.15, 0.2) is 146 Å². The molecule has 0 aliphatic heterocycles. The summed E-state index contributed by atoms with van der Waals surface area (Å²) in [5.41, 5.74) is 11.1. The molecule has 9 rings (SSSR count). The standard InChI is InChI=1S/C46H34N4/c1-5-10-35-29(2)17-27-41-43(35)47-45(49(41)3)33-22-18-31(19-23-33)36-13-8-16-40-37(14-9-15-39(36)40)32-20-24-34(25-21-32)46-48-44-38-12-7-6-11-30(38)26-28-42(44)50(46)4/h5-28H,1-2H2,3-4H3/b35-10+. The van der Waals surface area contributed by atoms with Gasteiger partial charge in [0, 0.05) is 35.8 Å². The molecule has 0 aliphatic rings. The lowest BCUT2D eigenvalue weighted by Gasteiger charge is -2.12. The smallest absolute Gasteiger partial charge is 0.140 e. The van der Waals surface area contributed by atoms with Crippen molar-refractivity contribution in [2.45, 2.75) is 0 Å². The van der Waals surface area contributed by atoms with Crippen molar-refractivity contribution < 1.29 is 0 Å². The van der Waals surface area contributed by atoms with Gasteiger partial charge >= 0.3 is 0 Å². The third kappa shape index (κ3) is 4.61. The molecule has 0 saturated carbocycles. The van der Waals surface area contributed by atoms with E-state index in [1.165, 1.54) is 43.8 Å². The van der Waals surface area contributed by atoms with Crippen molar-refractivity contribution >= 4 is 56.3 Å². The van der Waals surface area contributed by atoms with Gasteiger partial charge in [0.25, 0.3) is 0 Å². The Kier molecular flexibility index (Phi) is 6.85. The summed E-state index contributed by atoms with van der Waals surface area (Å²) < 4.78 is 4.34. The highest BCUT2D eigenvalue weighted by Crippen LogP contribution is 2.37. The molecule has 2 heterocycles. The maximum Gasteiger partial charge on any atom is 0.140 e. The second-order valence-corrected chi connectivity index (χ2v) is 12.9. The van der Waals surface area contributed by atoms with Crippen LogP contribution in [0.1, 0.15) is 0 Å². The second kappa shape index (κ2) is 11.6. The molecule has 50 heavy (non-hydrogen) atoms. The van der Waals surface area contributed by atoms with E-state index in [1.807, 2.05) is 12.1 Å². The first kappa shape index (κ1) is 29.6. The molecule has 4 nitrogen and oxygen atoms in total. The molecule has 7 aromatic carbocycles. The quantitative estimate of drug-likeness (QED) is 0.187. The summed E-state index contributed by atoms with van der Waals surface area (Å²) in [6, 6.07) is 47.7. The van der Waals surface area contributed by atoms with E-state index in [9.17, 15) is 0 Å². The molecular weight excluding hydrogens is 609 g/mol. The summed E-state index contributed by atoms with van der Waals surface area (Å²) in [5, 5.41) is 6.79. The first-order valence-electron chi connectivity index (χ1n) is 16.8. The van der Waals surface area contributed by atoms with E-state index < -0.39 is 0 Å². The van der Waals surface area contributed by atoms with Crippen LogP contribution in [0.5, 0.6) is 0 Å². The largest absolute Gasteiger partial charge is 0.327 e. The lowest BCUT2D eigenvalue weighted by atomic mass is 9.92. The van der Waals surface area contributed by atoms with Crippen LogP contribution in [0.4, 0.5) is 0 Å². The van der Waals surface area contributed by atoms with E-state index in [0.29, 0.717) is 0 Å². The molecule has 0 N–H and O–H groups in total. The van der Waals surface area contributed by atoms with Crippen molar-refractivity contribution in [3.8, 4) is 45.0 Å². The third-order valence-electron chi connectivity index (χ3n) is 10.1. The zero-order valence-electron chi connectivity index (χ0n) is 28.1. The number of aryl methyl sites for hydroxylation is 2. The number of nitrogens with zero attached hydrogens (tertiary/aromatic N) is 4. The topological polar surface area (TPSA) is 35.6 Å². The van der Waals surface area contributed by atoms with Crippen molar-refractivity contribution in [3.63, 3.8) is 0 Å². The molecule has 0 spiro atoms. The van der Waals surface area contributed by atoms with Crippen LogP contribution in [0, 0.1) is 0 Å². The first-order valence-corrected chi connectivity index (χ1v) is 16.8. The Morgan fingerprint density at radius 1 is 0.500 bits per heavy atom. The number of benzene rings is 7. The molecule has 0 fully saturated rings. The number of imidazole rings is 2. The van der Waals surface area contributed by atoms with E-state index in [0.717, 1.165) is 55.3 Å². The fraction of sp³-hybridized carbons (Fsp3) is 0.0435. The van der Waals surface area contributed by atoms with Crippen molar-refractivity contribution in [2.75, 3.05) is 0 Å². The summed E-state index contributed by atoms with van der Waals surface area (Å²) in [6.45, 7) is 8.08. The van der Waals surface area contributed by atoms with E-state index in [4.69, 9.17) is 9.97 Å². The van der Waals surface area contributed by atoms with Gasteiger partial charge in [-0.3, -0.25) is 0 Å². The minimum Gasteiger partial charge on any atom is -0.327 e. The number of hydrogen-bond acceptors (Lipinski definition) is 2. The van der Waals surface area contributed by atoms with E-state index in [1.54, 1.807) is 6.08 Å². The normalized spacial score (nSPS) is 12.1. The van der Waals surface area contributed by atoms with Crippen molar-refractivity contribution in [1.82, 2.24) is 19.1 Å². The highest BCUT2D eigenvalue weighted by Gasteiger charge is 2.15. The maximum atomic E-state index is 5.11. The SMILES string of the molecule is C=C/C=c1\c(=C)ccc2c1nc(-c1ccc(-c3cccc4c(-c5ccc(-c6nc7c8ccccc8ccc7n6C)cc5)cccc34)cc1)n2C. The highest BCUT2D eigenvalue weighted by atomic mass is 15.1. The average molecular weight is 643 g/mol. The van der Waals surface area contributed by atoms with Gasteiger partial charge < -0.3 is 9.13 Å². The molecule has 0 atom stereocenters. The Hall–Kier alpha value is -6.52.